The van der Waals surface area contributed by atoms with Crippen LogP contribution in [0.3, 0.4) is 0 Å². The van der Waals surface area contributed by atoms with Gasteiger partial charge in [-0.15, -0.1) is 0 Å². The topological polar surface area (TPSA) is 63.6 Å². The molecule has 0 amide bonds. The molecule has 0 fully saturated rings. The average molecular weight is 274 g/mol. The number of aromatic nitrogens is 1. The summed E-state index contributed by atoms with van der Waals surface area (Å²) in [6, 6.07) is 5.83. The number of pyridine rings is 1. The number of hydrogen-bond donors (Lipinski definition) is 2. The first-order chi connectivity index (χ1) is 9.53. The highest BCUT2D eigenvalue weighted by molar-refractivity contribution is 5.94. The van der Waals surface area contributed by atoms with Crippen molar-refractivity contribution in [3.63, 3.8) is 0 Å². The normalized spacial score (nSPS) is 14.3. The quantitative estimate of drug-likeness (QED) is 0.898. The van der Waals surface area contributed by atoms with Gasteiger partial charge in [-0.2, -0.15) is 0 Å². The van der Waals surface area contributed by atoms with Crippen LogP contribution in [0, 0.1) is 0 Å². The number of hydrogen-bond acceptors (Lipinski definition) is 5. The molecule has 2 heterocycles. The van der Waals surface area contributed by atoms with Crippen LogP contribution in [0.4, 0.5) is 5.82 Å². The molecule has 0 bridgehead atoms. The van der Waals surface area contributed by atoms with Crippen LogP contribution in [0.25, 0.3) is 10.8 Å². The van der Waals surface area contributed by atoms with Crippen molar-refractivity contribution < 1.29 is 14.6 Å². The first kappa shape index (κ1) is 13.0. The van der Waals surface area contributed by atoms with Crippen molar-refractivity contribution in [1.82, 2.24) is 4.98 Å². The summed E-state index contributed by atoms with van der Waals surface area (Å²) >= 11 is 0. The predicted octanol–water partition coefficient (Wildman–Crippen LogP) is 2.19. The summed E-state index contributed by atoms with van der Waals surface area (Å²) in [5.41, 5.74) is -0.794. The molecule has 0 radical (unpaired) electrons. The minimum atomic E-state index is -0.794. The first-order valence-electron chi connectivity index (χ1n) is 6.67. The second-order valence-electron chi connectivity index (χ2n) is 5.54. The van der Waals surface area contributed by atoms with E-state index in [4.69, 9.17) is 9.47 Å². The van der Waals surface area contributed by atoms with Gasteiger partial charge in [0.25, 0.3) is 0 Å². The van der Waals surface area contributed by atoms with Gasteiger partial charge in [0, 0.05) is 18.1 Å². The molecule has 0 unspecified atom stereocenters. The van der Waals surface area contributed by atoms with Crippen molar-refractivity contribution in [2.24, 2.45) is 0 Å². The minimum absolute atomic E-state index is 0.424. The SMILES string of the molecule is CC(C)(O)CNc1nccc2cc3c(cc12)OCCO3. The Morgan fingerprint density at radius 3 is 2.65 bits per heavy atom. The molecule has 0 atom stereocenters. The predicted molar refractivity (Wildman–Crippen MR) is 77.5 cm³/mol. The monoisotopic (exact) mass is 274 g/mol. The van der Waals surface area contributed by atoms with Gasteiger partial charge in [-0.25, -0.2) is 4.98 Å². The van der Waals surface area contributed by atoms with Crippen LogP contribution in [0.2, 0.25) is 0 Å². The standard InChI is InChI=1S/C15H18N2O3/c1-15(2,18)9-17-14-11-8-13-12(19-5-6-20-13)7-10(11)3-4-16-14/h3-4,7-8,18H,5-6,9H2,1-2H3,(H,16,17). The van der Waals surface area contributed by atoms with Gasteiger partial charge in [0.15, 0.2) is 11.5 Å². The molecule has 3 rings (SSSR count). The van der Waals surface area contributed by atoms with Crippen LogP contribution < -0.4 is 14.8 Å². The van der Waals surface area contributed by atoms with Crippen LogP contribution in [0.5, 0.6) is 11.5 Å². The van der Waals surface area contributed by atoms with Crippen molar-refractivity contribution in [3.05, 3.63) is 24.4 Å². The van der Waals surface area contributed by atoms with E-state index < -0.39 is 5.60 Å². The molecular formula is C15H18N2O3. The van der Waals surface area contributed by atoms with Crippen molar-refractivity contribution in [2.45, 2.75) is 19.4 Å². The van der Waals surface area contributed by atoms with Gasteiger partial charge in [-0.3, -0.25) is 0 Å². The summed E-state index contributed by atoms with van der Waals surface area (Å²) in [6.45, 7) is 5.07. The molecule has 2 aromatic rings. The molecule has 1 aromatic heterocycles. The van der Waals surface area contributed by atoms with Crippen LogP contribution in [-0.2, 0) is 0 Å². The van der Waals surface area contributed by atoms with Gasteiger partial charge in [0.2, 0.25) is 0 Å². The zero-order chi connectivity index (χ0) is 14.2. The maximum Gasteiger partial charge on any atom is 0.162 e. The number of anilines is 1. The maximum atomic E-state index is 9.81. The van der Waals surface area contributed by atoms with Gasteiger partial charge in [-0.1, -0.05) is 0 Å². The number of nitrogens with one attached hydrogen (secondary N) is 1. The van der Waals surface area contributed by atoms with Gasteiger partial charge in [0.1, 0.15) is 19.0 Å². The third-order valence-electron chi connectivity index (χ3n) is 3.12. The fraction of sp³-hybridized carbons (Fsp3) is 0.400. The molecule has 1 aliphatic rings. The molecule has 20 heavy (non-hydrogen) atoms. The third-order valence-corrected chi connectivity index (χ3v) is 3.12. The number of aliphatic hydroxyl groups is 1. The molecule has 106 valence electrons. The Morgan fingerprint density at radius 2 is 1.95 bits per heavy atom. The van der Waals surface area contributed by atoms with Gasteiger partial charge >= 0.3 is 0 Å². The maximum absolute atomic E-state index is 9.81. The van der Waals surface area contributed by atoms with Gasteiger partial charge in [-0.05, 0) is 37.4 Å². The molecule has 0 aliphatic carbocycles. The smallest absolute Gasteiger partial charge is 0.162 e. The fourth-order valence-electron chi connectivity index (χ4n) is 2.15. The molecule has 5 nitrogen and oxygen atoms in total. The number of benzene rings is 1. The summed E-state index contributed by atoms with van der Waals surface area (Å²) in [5.74, 6) is 2.24. The third kappa shape index (κ3) is 2.63. The molecule has 5 heteroatoms. The minimum Gasteiger partial charge on any atom is -0.486 e. The summed E-state index contributed by atoms with van der Waals surface area (Å²) in [7, 11) is 0. The lowest BCUT2D eigenvalue weighted by molar-refractivity contribution is 0.0944. The van der Waals surface area contributed by atoms with E-state index in [-0.39, 0.29) is 0 Å². The highest BCUT2D eigenvalue weighted by atomic mass is 16.6. The van der Waals surface area contributed by atoms with E-state index >= 15 is 0 Å². The largest absolute Gasteiger partial charge is 0.486 e. The molecule has 1 aliphatic heterocycles. The lowest BCUT2D eigenvalue weighted by atomic mass is 10.1. The van der Waals surface area contributed by atoms with E-state index in [9.17, 15) is 5.11 Å². The summed E-state index contributed by atoms with van der Waals surface area (Å²) in [5, 5.41) is 15.0. The molecule has 1 aromatic carbocycles. The highest BCUT2D eigenvalue weighted by Gasteiger charge is 2.16. The molecule has 0 saturated heterocycles. The number of rotatable bonds is 3. The molecule has 2 N–H and O–H groups in total. The van der Waals surface area contributed by atoms with Crippen LogP contribution in [-0.4, -0.2) is 35.5 Å². The molecular weight excluding hydrogens is 256 g/mol. The van der Waals surface area contributed by atoms with Crippen LogP contribution in [0.15, 0.2) is 24.4 Å². The van der Waals surface area contributed by atoms with E-state index in [0.717, 1.165) is 28.1 Å². The Hall–Kier alpha value is -2.01. The van der Waals surface area contributed by atoms with Gasteiger partial charge < -0.3 is 19.9 Å². The van der Waals surface area contributed by atoms with Gasteiger partial charge in [0.05, 0.1) is 5.60 Å². The second kappa shape index (κ2) is 4.83. The van der Waals surface area contributed by atoms with E-state index in [1.54, 1.807) is 20.0 Å². The van der Waals surface area contributed by atoms with Crippen LogP contribution >= 0.6 is 0 Å². The Balaban J connectivity index is 2.00. The van der Waals surface area contributed by atoms with E-state index in [1.165, 1.54) is 0 Å². The summed E-state index contributed by atoms with van der Waals surface area (Å²) in [6.07, 6.45) is 1.74. The lowest BCUT2D eigenvalue weighted by Crippen LogP contribution is -2.29. The molecule has 0 spiro atoms. The van der Waals surface area contributed by atoms with E-state index in [2.05, 4.69) is 10.3 Å². The summed E-state index contributed by atoms with van der Waals surface area (Å²) in [4.78, 5) is 4.34. The van der Waals surface area contributed by atoms with Crippen molar-refractivity contribution >= 4 is 16.6 Å². The number of fused-ring (bicyclic) bond motifs is 2. The van der Waals surface area contributed by atoms with E-state index in [1.807, 2.05) is 18.2 Å². The Morgan fingerprint density at radius 1 is 1.25 bits per heavy atom. The fourth-order valence-corrected chi connectivity index (χ4v) is 2.15. The Bertz CT molecular complexity index is 635. The second-order valence-corrected chi connectivity index (χ2v) is 5.54. The zero-order valence-corrected chi connectivity index (χ0v) is 11.6. The lowest BCUT2D eigenvalue weighted by Gasteiger charge is -2.21. The number of ether oxygens (including phenoxy) is 2. The van der Waals surface area contributed by atoms with Crippen molar-refractivity contribution in [1.29, 1.82) is 0 Å². The van der Waals surface area contributed by atoms with Crippen molar-refractivity contribution in [2.75, 3.05) is 25.1 Å². The Labute approximate surface area is 117 Å². The summed E-state index contributed by atoms with van der Waals surface area (Å²) < 4.78 is 11.2. The molecule has 0 saturated carbocycles. The van der Waals surface area contributed by atoms with Crippen LogP contribution in [0.1, 0.15) is 13.8 Å². The first-order valence-corrected chi connectivity index (χ1v) is 6.67. The van der Waals surface area contributed by atoms with E-state index in [0.29, 0.717) is 19.8 Å². The highest BCUT2D eigenvalue weighted by Crippen LogP contribution is 2.36. The zero-order valence-electron chi connectivity index (χ0n) is 11.6. The Kier molecular flexibility index (Phi) is 3.14. The van der Waals surface area contributed by atoms with Crippen molar-refractivity contribution in [3.8, 4) is 11.5 Å². The number of nitrogens with zero attached hydrogens (tertiary/aromatic N) is 1. The average Bonchev–Trinajstić information content (AvgIpc) is 2.42.